The first-order chi connectivity index (χ1) is 8.24. The van der Waals surface area contributed by atoms with Crippen LogP contribution in [0.25, 0.3) is 11.0 Å². The van der Waals surface area contributed by atoms with Crippen molar-refractivity contribution in [2.24, 2.45) is 0 Å². The second-order valence-electron chi connectivity index (χ2n) is 3.61. The van der Waals surface area contributed by atoms with E-state index in [1.807, 2.05) is 6.92 Å². The summed E-state index contributed by atoms with van der Waals surface area (Å²) in [6, 6.07) is 6.79. The maximum Gasteiger partial charge on any atom is 0.345 e. The highest BCUT2D eigenvalue weighted by Gasteiger charge is 2.14. The predicted molar refractivity (Wildman–Crippen MR) is 63.1 cm³/mol. The van der Waals surface area contributed by atoms with Crippen LogP contribution in [-0.4, -0.2) is 12.6 Å². The molecule has 0 atom stereocenters. The monoisotopic (exact) mass is 232 g/mol. The number of carbonyl (C=O) groups excluding carboxylic acids is 1. The third kappa shape index (κ3) is 2.20. The van der Waals surface area contributed by atoms with Gasteiger partial charge in [0.2, 0.25) is 5.43 Å². The van der Waals surface area contributed by atoms with Crippen LogP contribution in [0.15, 0.2) is 39.7 Å². The van der Waals surface area contributed by atoms with Crippen LogP contribution in [-0.2, 0) is 4.74 Å². The molecule has 0 unspecified atom stereocenters. The van der Waals surface area contributed by atoms with Crippen LogP contribution >= 0.6 is 0 Å². The summed E-state index contributed by atoms with van der Waals surface area (Å²) in [4.78, 5) is 23.6. The fraction of sp³-hybridized carbons (Fsp3) is 0.231. The van der Waals surface area contributed by atoms with E-state index in [0.717, 1.165) is 6.26 Å². The molecule has 0 aliphatic carbocycles. The van der Waals surface area contributed by atoms with Gasteiger partial charge in [-0.05, 0) is 18.6 Å². The Hall–Kier alpha value is -2.10. The molecular weight excluding hydrogens is 220 g/mol. The minimum atomic E-state index is -0.633. The van der Waals surface area contributed by atoms with Crippen molar-refractivity contribution in [3.63, 3.8) is 0 Å². The third-order valence-electron chi connectivity index (χ3n) is 2.34. The van der Waals surface area contributed by atoms with Crippen molar-refractivity contribution in [2.75, 3.05) is 6.61 Å². The first-order valence-corrected chi connectivity index (χ1v) is 5.41. The second-order valence-corrected chi connectivity index (χ2v) is 3.61. The molecule has 2 aromatic rings. The Labute approximate surface area is 97.8 Å². The van der Waals surface area contributed by atoms with Crippen LogP contribution in [0, 0.1) is 0 Å². The van der Waals surface area contributed by atoms with Gasteiger partial charge in [-0.3, -0.25) is 4.79 Å². The topological polar surface area (TPSA) is 56.5 Å². The second kappa shape index (κ2) is 4.82. The lowest BCUT2D eigenvalue weighted by atomic mass is 10.2. The zero-order chi connectivity index (χ0) is 12.3. The first-order valence-electron chi connectivity index (χ1n) is 5.41. The van der Waals surface area contributed by atoms with Crippen molar-refractivity contribution in [3.05, 3.63) is 46.3 Å². The zero-order valence-electron chi connectivity index (χ0n) is 9.43. The van der Waals surface area contributed by atoms with Gasteiger partial charge in [-0.25, -0.2) is 4.79 Å². The molecule has 0 saturated carbocycles. The van der Waals surface area contributed by atoms with Crippen molar-refractivity contribution in [1.29, 1.82) is 0 Å². The minimum absolute atomic E-state index is 0.0582. The molecule has 1 heterocycles. The van der Waals surface area contributed by atoms with Gasteiger partial charge in [-0.15, -0.1) is 0 Å². The largest absolute Gasteiger partial charge is 0.463 e. The minimum Gasteiger partial charge on any atom is -0.463 e. The predicted octanol–water partition coefficient (Wildman–Crippen LogP) is 2.36. The molecule has 0 aliphatic rings. The lowest BCUT2D eigenvalue weighted by molar-refractivity contribution is 0.0501. The van der Waals surface area contributed by atoms with Gasteiger partial charge in [-0.2, -0.15) is 0 Å². The summed E-state index contributed by atoms with van der Waals surface area (Å²) in [5, 5.41) is 0.387. The molecule has 2 rings (SSSR count). The van der Waals surface area contributed by atoms with Crippen molar-refractivity contribution in [1.82, 2.24) is 0 Å². The summed E-state index contributed by atoms with van der Waals surface area (Å²) >= 11 is 0. The summed E-state index contributed by atoms with van der Waals surface area (Å²) < 4.78 is 10.1. The first kappa shape index (κ1) is 11.4. The SMILES string of the molecule is CCCOC(=O)c1coc2ccccc2c1=O. The molecule has 0 fully saturated rings. The molecule has 0 aliphatic heterocycles. The molecule has 4 heteroatoms. The van der Waals surface area contributed by atoms with Crippen molar-refractivity contribution >= 4 is 16.9 Å². The molecule has 0 spiro atoms. The highest BCUT2D eigenvalue weighted by Crippen LogP contribution is 2.10. The van der Waals surface area contributed by atoms with Gasteiger partial charge < -0.3 is 9.15 Å². The normalized spacial score (nSPS) is 10.4. The zero-order valence-corrected chi connectivity index (χ0v) is 9.43. The van der Waals surface area contributed by atoms with E-state index >= 15 is 0 Å². The Kier molecular flexibility index (Phi) is 3.23. The highest BCUT2D eigenvalue weighted by molar-refractivity contribution is 5.92. The number of benzene rings is 1. The Balaban J connectivity index is 2.46. The summed E-state index contributed by atoms with van der Waals surface area (Å²) in [6.07, 6.45) is 1.87. The smallest absolute Gasteiger partial charge is 0.345 e. The Bertz CT molecular complexity index is 598. The Morgan fingerprint density at radius 3 is 2.88 bits per heavy atom. The molecule has 0 saturated heterocycles. The lowest BCUT2D eigenvalue weighted by Crippen LogP contribution is -2.17. The summed E-state index contributed by atoms with van der Waals surface area (Å²) in [5.74, 6) is -0.633. The van der Waals surface area contributed by atoms with Crippen LogP contribution in [0.2, 0.25) is 0 Å². The molecule has 4 nitrogen and oxygen atoms in total. The van der Waals surface area contributed by atoms with Crippen LogP contribution < -0.4 is 5.43 Å². The summed E-state index contributed by atoms with van der Waals surface area (Å²) in [7, 11) is 0. The third-order valence-corrected chi connectivity index (χ3v) is 2.34. The molecule has 0 bridgehead atoms. The number of ether oxygens (including phenoxy) is 1. The van der Waals surface area contributed by atoms with Crippen LogP contribution in [0.4, 0.5) is 0 Å². The van der Waals surface area contributed by atoms with Gasteiger partial charge in [0.05, 0.1) is 12.0 Å². The number of hydrogen-bond donors (Lipinski definition) is 0. The number of esters is 1. The lowest BCUT2D eigenvalue weighted by Gasteiger charge is -2.02. The van der Waals surface area contributed by atoms with Gasteiger partial charge in [0.1, 0.15) is 17.4 Å². The molecule has 0 amide bonds. The van der Waals surface area contributed by atoms with Crippen LogP contribution in [0.1, 0.15) is 23.7 Å². The van der Waals surface area contributed by atoms with Gasteiger partial charge in [-0.1, -0.05) is 19.1 Å². The number of carbonyl (C=O) groups is 1. The Morgan fingerprint density at radius 2 is 2.12 bits per heavy atom. The van der Waals surface area contributed by atoms with E-state index in [-0.39, 0.29) is 11.0 Å². The van der Waals surface area contributed by atoms with Gasteiger partial charge in [0.15, 0.2) is 0 Å². The van der Waals surface area contributed by atoms with E-state index < -0.39 is 5.97 Å². The molecular formula is C13H12O4. The summed E-state index contributed by atoms with van der Waals surface area (Å²) in [6.45, 7) is 2.18. The molecule has 1 aromatic heterocycles. The van der Waals surface area contributed by atoms with E-state index in [9.17, 15) is 9.59 Å². The van der Waals surface area contributed by atoms with E-state index in [1.165, 1.54) is 0 Å². The number of hydrogen-bond acceptors (Lipinski definition) is 4. The number of para-hydroxylation sites is 1. The van der Waals surface area contributed by atoms with Crippen molar-refractivity contribution in [2.45, 2.75) is 13.3 Å². The Morgan fingerprint density at radius 1 is 1.35 bits per heavy atom. The van der Waals surface area contributed by atoms with Crippen LogP contribution in [0.5, 0.6) is 0 Å². The van der Waals surface area contributed by atoms with E-state index in [1.54, 1.807) is 24.3 Å². The number of rotatable bonds is 3. The summed E-state index contributed by atoms with van der Waals surface area (Å²) in [5.41, 5.74) is 0.0506. The molecule has 88 valence electrons. The fourth-order valence-corrected chi connectivity index (χ4v) is 1.49. The molecule has 0 radical (unpaired) electrons. The van der Waals surface area contributed by atoms with Gasteiger partial charge in [0, 0.05) is 0 Å². The van der Waals surface area contributed by atoms with E-state index in [4.69, 9.17) is 9.15 Å². The average Bonchev–Trinajstić information content (AvgIpc) is 2.37. The van der Waals surface area contributed by atoms with Crippen LogP contribution in [0.3, 0.4) is 0 Å². The van der Waals surface area contributed by atoms with E-state index in [2.05, 4.69) is 0 Å². The van der Waals surface area contributed by atoms with Gasteiger partial charge >= 0.3 is 5.97 Å². The highest BCUT2D eigenvalue weighted by atomic mass is 16.5. The standard InChI is InChI=1S/C13H12O4/c1-2-7-16-13(15)10-8-17-11-6-4-3-5-9(11)12(10)14/h3-6,8H,2,7H2,1H3. The average molecular weight is 232 g/mol. The maximum absolute atomic E-state index is 12.0. The molecule has 0 N–H and O–H groups in total. The van der Waals surface area contributed by atoms with Crippen molar-refractivity contribution < 1.29 is 13.9 Å². The van der Waals surface area contributed by atoms with E-state index in [0.29, 0.717) is 24.0 Å². The molecule has 1 aromatic carbocycles. The quantitative estimate of drug-likeness (QED) is 0.762. The van der Waals surface area contributed by atoms with Gasteiger partial charge in [0.25, 0.3) is 0 Å². The number of fused-ring (bicyclic) bond motifs is 1. The van der Waals surface area contributed by atoms with Crippen molar-refractivity contribution in [3.8, 4) is 0 Å². The molecule has 17 heavy (non-hydrogen) atoms. The maximum atomic E-state index is 12.0. The fourth-order valence-electron chi connectivity index (χ4n) is 1.49.